The fraction of sp³-hybridized carbons (Fsp3) is 0.417. The number of carbonyl (C=O) groups excluding carboxylic acids is 1. The Morgan fingerprint density at radius 1 is 1.56 bits per heavy atom. The highest BCUT2D eigenvalue weighted by Gasteiger charge is 2.13. The van der Waals surface area contributed by atoms with Gasteiger partial charge >= 0.3 is 0 Å². The van der Waals surface area contributed by atoms with Crippen molar-refractivity contribution in [2.75, 3.05) is 20.3 Å². The van der Waals surface area contributed by atoms with Crippen LogP contribution < -0.4 is 5.32 Å². The Labute approximate surface area is 115 Å². The van der Waals surface area contributed by atoms with Crippen molar-refractivity contribution in [1.29, 1.82) is 0 Å². The number of hydrogen-bond donors (Lipinski definition) is 1. The monoisotopic (exact) mass is 293 g/mol. The number of benzene rings is 1. The van der Waals surface area contributed by atoms with Gasteiger partial charge in [0, 0.05) is 13.7 Å². The van der Waals surface area contributed by atoms with E-state index in [1.54, 1.807) is 7.11 Å². The number of hydrogen-bond acceptors (Lipinski definition) is 2. The van der Waals surface area contributed by atoms with Crippen LogP contribution in [-0.2, 0) is 4.74 Å². The molecule has 0 heterocycles. The number of methoxy groups -OCH3 is 1. The molecule has 0 spiro atoms. The van der Waals surface area contributed by atoms with Gasteiger partial charge in [-0.3, -0.25) is 4.79 Å². The zero-order chi connectivity index (χ0) is 13.5. The summed E-state index contributed by atoms with van der Waals surface area (Å²) in [5, 5.41) is 2.29. The van der Waals surface area contributed by atoms with Crippen molar-refractivity contribution >= 4 is 29.1 Å². The van der Waals surface area contributed by atoms with Gasteiger partial charge in [-0.05, 0) is 18.6 Å². The third-order valence-corrected chi connectivity index (χ3v) is 3.02. The molecule has 1 amide bonds. The second kappa shape index (κ2) is 7.56. The molecule has 1 unspecified atom stereocenters. The van der Waals surface area contributed by atoms with Crippen molar-refractivity contribution in [2.24, 2.45) is 0 Å². The Kier molecular flexibility index (Phi) is 6.39. The summed E-state index contributed by atoms with van der Waals surface area (Å²) < 4.78 is 18.0. The molecule has 1 aromatic carbocycles. The predicted molar refractivity (Wildman–Crippen MR) is 69.9 cm³/mol. The maximum Gasteiger partial charge on any atom is 0.252 e. The summed E-state index contributed by atoms with van der Waals surface area (Å²) in [4.78, 5) is 11.7. The molecule has 0 fully saturated rings. The maximum absolute atomic E-state index is 13.1. The largest absolute Gasteiger partial charge is 0.383 e. The van der Waals surface area contributed by atoms with Crippen molar-refractivity contribution in [3.63, 3.8) is 0 Å². The fourth-order valence-electron chi connectivity index (χ4n) is 1.38. The van der Waals surface area contributed by atoms with Crippen LogP contribution in [0, 0.1) is 5.82 Å². The lowest BCUT2D eigenvalue weighted by Gasteiger charge is -2.10. The molecule has 0 aliphatic rings. The molecule has 18 heavy (non-hydrogen) atoms. The summed E-state index contributed by atoms with van der Waals surface area (Å²) in [6.07, 6.45) is 0.564. The van der Waals surface area contributed by atoms with Crippen molar-refractivity contribution in [1.82, 2.24) is 5.32 Å². The summed E-state index contributed by atoms with van der Waals surface area (Å²) in [6.45, 7) is 0.793. The summed E-state index contributed by atoms with van der Waals surface area (Å²) >= 11 is 11.6. The predicted octanol–water partition coefficient (Wildman–Crippen LogP) is 2.85. The summed E-state index contributed by atoms with van der Waals surface area (Å²) in [7, 11) is 1.56. The van der Waals surface area contributed by atoms with E-state index in [4.69, 9.17) is 27.9 Å². The van der Waals surface area contributed by atoms with Crippen LogP contribution in [0.4, 0.5) is 4.39 Å². The topological polar surface area (TPSA) is 38.3 Å². The number of ether oxygens (including phenoxy) is 1. The minimum Gasteiger partial charge on any atom is -0.383 e. The van der Waals surface area contributed by atoms with E-state index in [9.17, 15) is 9.18 Å². The molecular formula is C12H14Cl2FNO2. The Balaban J connectivity index is 2.48. The number of carbonyl (C=O) groups is 1. The Morgan fingerprint density at radius 3 is 2.94 bits per heavy atom. The highest BCUT2D eigenvalue weighted by atomic mass is 35.5. The average molecular weight is 294 g/mol. The minimum absolute atomic E-state index is 0.120. The zero-order valence-electron chi connectivity index (χ0n) is 9.88. The number of alkyl halides is 1. The summed E-state index contributed by atoms with van der Waals surface area (Å²) in [5.41, 5.74) is 0.120. The summed E-state index contributed by atoms with van der Waals surface area (Å²) in [6, 6.07) is 4.10. The van der Waals surface area contributed by atoms with Gasteiger partial charge in [0.25, 0.3) is 5.91 Å². The van der Waals surface area contributed by atoms with Gasteiger partial charge in [0.2, 0.25) is 0 Å². The Bertz CT molecular complexity index is 415. The van der Waals surface area contributed by atoms with Gasteiger partial charge in [-0.1, -0.05) is 17.7 Å². The van der Waals surface area contributed by atoms with Crippen LogP contribution >= 0.6 is 23.2 Å². The third-order valence-electron chi connectivity index (χ3n) is 2.29. The summed E-state index contributed by atoms with van der Waals surface area (Å²) in [5.74, 6) is -1.03. The molecule has 100 valence electrons. The molecule has 0 aromatic heterocycles. The van der Waals surface area contributed by atoms with Crippen LogP contribution in [0.5, 0.6) is 0 Å². The van der Waals surface area contributed by atoms with Gasteiger partial charge in [0.05, 0.1) is 22.6 Å². The van der Waals surface area contributed by atoms with E-state index in [0.29, 0.717) is 19.6 Å². The van der Waals surface area contributed by atoms with Crippen LogP contribution in [0.2, 0.25) is 5.02 Å². The van der Waals surface area contributed by atoms with Gasteiger partial charge in [-0.25, -0.2) is 4.39 Å². The number of rotatable bonds is 6. The minimum atomic E-state index is -0.612. The lowest BCUT2D eigenvalue weighted by molar-refractivity contribution is 0.0951. The molecule has 0 aliphatic heterocycles. The zero-order valence-corrected chi connectivity index (χ0v) is 11.4. The van der Waals surface area contributed by atoms with Crippen LogP contribution in [0.3, 0.4) is 0 Å². The second-order valence-electron chi connectivity index (χ2n) is 3.70. The first-order valence-electron chi connectivity index (χ1n) is 5.41. The van der Waals surface area contributed by atoms with E-state index in [1.807, 2.05) is 0 Å². The average Bonchev–Trinajstić information content (AvgIpc) is 2.33. The van der Waals surface area contributed by atoms with Crippen LogP contribution in [0.15, 0.2) is 18.2 Å². The molecule has 0 radical (unpaired) electrons. The SMILES string of the molecule is COCC(Cl)CCNC(=O)c1cccc(F)c1Cl. The van der Waals surface area contributed by atoms with Gasteiger partial charge < -0.3 is 10.1 Å². The maximum atomic E-state index is 13.1. The van der Waals surface area contributed by atoms with Crippen molar-refractivity contribution in [3.8, 4) is 0 Å². The molecular weight excluding hydrogens is 280 g/mol. The van der Waals surface area contributed by atoms with E-state index >= 15 is 0 Å². The molecule has 6 heteroatoms. The molecule has 1 N–H and O–H groups in total. The number of nitrogens with one attached hydrogen (secondary N) is 1. The van der Waals surface area contributed by atoms with Gasteiger partial charge in [-0.2, -0.15) is 0 Å². The molecule has 1 rings (SSSR count). The normalized spacial score (nSPS) is 12.2. The van der Waals surface area contributed by atoms with E-state index < -0.39 is 11.7 Å². The molecule has 0 aliphatic carbocycles. The van der Waals surface area contributed by atoms with Crippen LogP contribution in [0.1, 0.15) is 16.8 Å². The first-order valence-corrected chi connectivity index (χ1v) is 6.23. The number of amides is 1. The molecule has 1 aromatic rings. The standard InChI is InChI=1S/C12H14Cl2FNO2/c1-18-7-8(13)5-6-16-12(17)9-3-2-4-10(15)11(9)14/h2-4,8H,5-7H2,1H3,(H,16,17). The Hall–Kier alpha value is -0.840. The quantitative estimate of drug-likeness (QED) is 0.819. The lowest BCUT2D eigenvalue weighted by atomic mass is 10.2. The molecule has 0 bridgehead atoms. The van der Waals surface area contributed by atoms with Crippen LogP contribution in [0.25, 0.3) is 0 Å². The smallest absolute Gasteiger partial charge is 0.252 e. The first kappa shape index (κ1) is 15.2. The third kappa shape index (κ3) is 4.44. The van der Waals surface area contributed by atoms with E-state index in [-0.39, 0.29) is 16.0 Å². The molecule has 0 saturated carbocycles. The fourth-order valence-corrected chi connectivity index (χ4v) is 1.83. The lowest BCUT2D eigenvalue weighted by Crippen LogP contribution is -2.27. The first-order chi connectivity index (χ1) is 8.56. The van der Waals surface area contributed by atoms with Crippen molar-refractivity contribution < 1.29 is 13.9 Å². The van der Waals surface area contributed by atoms with Crippen molar-refractivity contribution in [2.45, 2.75) is 11.8 Å². The van der Waals surface area contributed by atoms with Gasteiger partial charge in [-0.15, -0.1) is 11.6 Å². The highest BCUT2D eigenvalue weighted by molar-refractivity contribution is 6.34. The molecule has 3 nitrogen and oxygen atoms in total. The van der Waals surface area contributed by atoms with E-state index in [2.05, 4.69) is 5.32 Å². The van der Waals surface area contributed by atoms with Gasteiger partial charge in [0.15, 0.2) is 0 Å². The number of halogens is 3. The second-order valence-corrected chi connectivity index (χ2v) is 4.69. The van der Waals surface area contributed by atoms with E-state index in [1.165, 1.54) is 18.2 Å². The molecule has 1 atom stereocenters. The van der Waals surface area contributed by atoms with E-state index in [0.717, 1.165) is 0 Å². The Morgan fingerprint density at radius 2 is 2.28 bits per heavy atom. The molecule has 0 saturated heterocycles. The van der Waals surface area contributed by atoms with Crippen LogP contribution in [-0.4, -0.2) is 31.5 Å². The van der Waals surface area contributed by atoms with Gasteiger partial charge in [0.1, 0.15) is 5.82 Å². The van der Waals surface area contributed by atoms with Crippen molar-refractivity contribution in [3.05, 3.63) is 34.6 Å². The highest BCUT2D eigenvalue weighted by Crippen LogP contribution is 2.19.